The van der Waals surface area contributed by atoms with Crippen LogP contribution >= 0.6 is 15.9 Å². The standard InChI is InChI=1S/C6HBrN6O/c7-5-9-2-3(10-5)11-6(14)13-1-8-12-4(2)13/h1H. The van der Waals surface area contributed by atoms with Crippen molar-refractivity contribution in [1.29, 1.82) is 0 Å². The second-order valence-electron chi connectivity index (χ2n) is 2.58. The Hall–Kier alpha value is -1.70. The molecule has 0 amide bonds. The van der Waals surface area contributed by atoms with Crippen LogP contribution in [0.25, 0.3) is 5.65 Å². The summed E-state index contributed by atoms with van der Waals surface area (Å²) in [6.45, 7) is 0. The summed E-state index contributed by atoms with van der Waals surface area (Å²) in [5, 5.41) is 7.85. The average Bonchev–Trinajstić information content (AvgIpc) is 2.69. The maximum Gasteiger partial charge on any atom is 0.356 e. The van der Waals surface area contributed by atoms with Crippen LogP contribution in [0.15, 0.2) is 21.1 Å². The molecule has 0 spiro atoms. The zero-order valence-electron chi connectivity index (χ0n) is 6.55. The van der Waals surface area contributed by atoms with Gasteiger partial charge in [-0.25, -0.2) is 14.2 Å². The van der Waals surface area contributed by atoms with Gasteiger partial charge in [0.25, 0.3) is 0 Å². The molecule has 0 radical (unpaired) electrons. The highest BCUT2D eigenvalue weighted by molar-refractivity contribution is 9.18. The third-order valence-electron chi connectivity index (χ3n) is 1.78. The van der Waals surface area contributed by atoms with Crippen LogP contribution in [0.5, 0.6) is 0 Å². The van der Waals surface area contributed by atoms with E-state index in [9.17, 15) is 4.79 Å². The molecule has 14 heavy (non-hydrogen) atoms. The van der Waals surface area contributed by atoms with Crippen molar-refractivity contribution in [2.24, 2.45) is 9.98 Å². The van der Waals surface area contributed by atoms with Crippen LogP contribution in [0.3, 0.4) is 0 Å². The summed E-state index contributed by atoms with van der Waals surface area (Å²) in [6, 6.07) is 0. The van der Waals surface area contributed by atoms with E-state index in [-0.39, 0.29) is 5.82 Å². The molecule has 1 aliphatic heterocycles. The normalized spacial score (nSPS) is 13.9. The molecule has 0 bridgehead atoms. The van der Waals surface area contributed by atoms with Gasteiger partial charge in [-0.1, -0.05) is 0 Å². The fraction of sp³-hybridized carbons (Fsp3) is 0. The lowest BCUT2D eigenvalue weighted by atomic mass is 10.5. The van der Waals surface area contributed by atoms with E-state index in [1.165, 1.54) is 10.7 Å². The van der Waals surface area contributed by atoms with Gasteiger partial charge in [-0.3, -0.25) is 0 Å². The van der Waals surface area contributed by atoms with Crippen molar-refractivity contribution in [2.45, 2.75) is 0 Å². The van der Waals surface area contributed by atoms with E-state index in [1.807, 2.05) is 0 Å². The molecule has 7 nitrogen and oxygen atoms in total. The van der Waals surface area contributed by atoms with Gasteiger partial charge in [0.2, 0.25) is 0 Å². The van der Waals surface area contributed by atoms with Gasteiger partial charge in [-0.15, -0.1) is 10.2 Å². The number of hydrogen-bond donors (Lipinski definition) is 0. The Morgan fingerprint density at radius 3 is 3.07 bits per heavy atom. The van der Waals surface area contributed by atoms with Gasteiger partial charge in [-0.05, 0) is 15.9 Å². The largest absolute Gasteiger partial charge is 0.356 e. The van der Waals surface area contributed by atoms with E-state index in [1.54, 1.807) is 0 Å². The summed E-state index contributed by atoms with van der Waals surface area (Å²) < 4.78 is 1.61. The molecule has 3 heterocycles. The zero-order chi connectivity index (χ0) is 9.71. The van der Waals surface area contributed by atoms with Crippen molar-refractivity contribution in [3.8, 4) is 0 Å². The predicted octanol–water partition coefficient (Wildman–Crippen LogP) is -0.781. The Morgan fingerprint density at radius 2 is 2.21 bits per heavy atom. The third kappa shape index (κ3) is 0.854. The number of aliphatic imine (C=N–C) groups is 1. The van der Waals surface area contributed by atoms with Gasteiger partial charge in [0.15, 0.2) is 21.6 Å². The molecule has 68 valence electrons. The third-order valence-corrected chi connectivity index (χ3v) is 2.14. The van der Waals surface area contributed by atoms with Crippen molar-refractivity contribution in [1.82, 2.24) is 19.6 Å². The first-order valence-electron chi connectivity index (χ1n) is 3.62. The molecular formula is C6HBrN6O. The molecule has 0 aliphatic carbocycles. The van der Waals surface area contributed by atoms with Gasteiger partial charge in [0.1, 0.15) is 6.33 Å². The first kappa shape index (κ1) is 7.68. The lowest BCUT2D eigenvalue weighted by molar-refractivity contribution is 0.982. The minimum atomic E-state index is -0.454. The highest BCUT2D eigenvalue weighted by Gasteiger charge is 2.14. The molecule has 2 aromatic rings. The minimum Gasteiger partial charge on any atom is -0.245 e. The van der Waals surface area contributed by atoms with Gasteiger partial charge in [0, 0.05) is 0 Å². The Kier molecular flexibility index (Phi) is 1.32. The smallest absolute Gasteiger partial charge is 0.245 e. The minimum absolute atomic E-state index is 0.280. The quantitative estimate of drug-likeness (QED) is 0.576. The van der Waals surface area contributed by atoms with Crippen LogP contribution in [0, 0.1) is 0 Å². The summed E-state index contributed by atoms with van der Waals surface area (Å²) in [6.07, 6.45) is 1.30. The molecule has 0 atom stereocenters. The van der Waals surface area contributed by atoms with E-state index in [4.69, 9.17) is 0 Å². The number of nitrogens with zero attached hydrogens (tertiary/aromatic N) is 6. The highest BCUT2D eigenvalue weighted by Crippen LogP contribution is 2.09. The fourth-order valence-electron chi connectivity index (χ4n) is 1.22. The number of rotatable bonds is 0. The first-order chi connectivity index (χ1) is 6.75. The zero-order valence-corrected chi connectivity index (χ0v) is 8.13. The first-order valence-corrected chi connectivity index (χ1v) is 4.41. The van der Waals surface area contributed by atoms with Crippen molar-refractivity contribution in [3.05, 3.63) is 22.2 Å². The fourth-order valence-corrected chi connectivity index (χ4v) is 1.56. The van der Waals surface area contributed by atoms with Crippen molar-refractivity contribution >= 4 is 32.1 Å². The summed E-state index contributed by atoms with van der Waals surface area (Å²) in [7, 11) is 0. The number of amidine groups is 1. The van der Waals surface area contributed by atoms with E-state index in [0.717, 1.165) is 0 Å². The SMILES string of the molecule is O=c1nc2c(c3nncn13)=NC(Br)=N2. The van der Waals surface area contributed by atoms with Crippen LogP contribution in [0.2, 0.25) is 0 Å². The second kappa shape index (κ2) is 2.41. The molecule has 0 N–H and O–H groups in total. The highest BCUT2D eigenvalue weighted by atomic mass is 79.9. The monoisotopic (exact) mass is 252 g/mol. The molecule has 8 heteroatoms. The van der Waals surface area contributed by atoms with Crippen LogP contribution in [-0.4, -0.2) is 24.3 Å². The maximum atomic E-state index is 11.4. The number of fused-ring (bicyclic) bond motifs is 3. The Balaban J connectivity index is 2.64. The number of aromatic nitrogens is 4. The number of hydrogen-bond acceptors (Lipinski definition) is 6. The Bertz CT molecular complexity index is 673. The van der Waals surface area contributed by atoms with E-state index >= 15 is 0 Å². The average molecular weight is 253 g/mol. The van der Waals surface area contributed by atoms with Crippen LogP contribution in [0.1, 0.15) is 0 Å². The van der Waals surface area contributed by atoms with Gasteiger partial charge in [-0.2, -0.15) is 9.98 Å². The Labute approximate surface area is 84.4 Å². The summed E-state index contributed by atoms with van der Waals surface area (Å²) in [4.78, 5) is 23.0. The van der Waals surface area contributed by atoms with Crippen LogP contribution < -0.4 is 11.0 Å². The van der Waals surface area contributed by atoms with Gasteiger partial charge < -0.3 is 0 Å². The van der Waals surface area contributed by atoms with E-state index in [0.29, 0.717) is 15.7 Å². The second-order valence-corrected chi connectivity index (χ2v) is 3.29. The lowest BCUT2D eigenvalue weighted by Crippen LogP contribution is -2.22. The maximum absolute atomic E-state index is 11.4. The predicted molar refractivity (Wildman–Crippen MR) is 49.8 cm³/mol. The summed E-state index contributed by atoms with van der Waals surface area (Å²) in [5.41, 5.74) is -0.0805. The van der Waals surface area contributed by atoms with Gasteiger partial charge in [0.05, 0.1) is 0 Å². The molecule has 0 unspecified atom stereocenters. The lowest BCUT2D eigenvalue weighted by Gasteiger charge is -1.88. The molecule has 0 fully saturated rings. The molecule has 2 aromatic heterocycles. The molecule has 0 aromatic carbocycles. The van der Waals surface area contributed by atoms with E-state index < -0.39 is 5.69 Å². The van der Waals surface area contributed by atoms with Crippen molar-refractivity contribution < 1.29 is 0 Å². The topological polar surface area (TPSA) is 84.9 Å². The van der Waals surface area contributed by atoms with Crippen molar-refractivity contribution in [3.63, 3.8) is 0 Å². The molecule has 1 aliphatic rings. The van der Waals surface area contributed by atoms with Crippen LogP contribution in [0.4, 0.5) is 5.82 Å². The van der Waals surface area contributed by atoms with Crippen molar-refractivity contribution in [2.75, 3.05) is 0 Å². The Morgan fingerprint density at radius 1 is 1.36 bits per heavy atom. The molecule has 3 rings (SSSR count). The molecule has 0 saturated carbocycles. The number of halogens is 1. The van der Waals surface area contributed by atoms with Gasteiger partial charge >= 0.3 is 5.69 Å². The summed E-state index contributed by atoms with van der Waals surface area (Å²) >= 11 is 3.10. The summed E-state index contributed by atoms with van der Waals surface area (Å²) in [5.74, 6) is 0.280. The van der Waals surface area contributed by atoms with E-state index in [2.05, 4.69) is 41.1 Å². The molecular weight excluding hydrogens is 252 g/mol. The van der Waals surface area contributed by atoms with Crippen LogP contribution in [-0.2, 0) is 0 Å². The molecule has 0 saturated heterocycles.